The van der Waals surface area contributed by atoms with Crippen molar-refractivity contribution in [3.05, 3.63) is 23.4 Å². The van der Waals surface area contributed by atoms with E-state index in [1.807, 2.05) is 13.2 Å². The third kappa shape index (κ3) is 3.23. The van der Waals surface area contributed by atoms with Crippen LogP contribution in [0.4, 0.5) is 5.82 Å². The molecule has 2 heterocycles. The van der Waals surface area contributed by atoms with Gasteiger partial charge in [0.2, 0.25) is 5.91 Å². The minimum Gasteiger partial charge on any atom is -0.369 e. The van der Waals surface area contributed by atoms with Crippen molar-refractivity contribution < 1.29 is 4.79 Å². The van der Waals surface area contributed by atoms with Gasteiger partial charge in [-0.15, -0.1) is 0 Å². The number of nitrogens with one attached hydrogen (secondary N) is 1. The number of pyridine rings is 1. The molecule has 1 aliphatic heterocycles. The molecule has 0 radical (unpaired) electrons. The molecule has 1 aromatic heterocycles. The minimum absolute atomic E-state index is 0.0279. The van der Waals surface area contributed by atoms with Crippen LogP contribution in [0, 0.1) is 12.8 Å². The van der Waals surface area contributed by atoms with Crippen LogP contribution in [-0.2, 0) is 11.3 Å². The molecule has 0 aliphatic carbocycles. The van der Waals surface area contributed by atoms with Gasteiger partial charge in [-0.3, -0.25) is 4.79 Å². The Hall–Kier alpha value is -1.62. The van der Waals surface area contributed by atoms with E-state index in [1.165, 1.54) is 11.1 Å². The number of nitrogens with zero attached hydrogens (tertiary/aromatic N) is 2. The molecule has 5 nitrogen and oxygen atoms in total. The largest absolute Gasteiger partial charge is 0.369 e. The first kappa shape index (κ1) is 13.8. The zero-order chi connectivity index (χ0) is 13.8. The molecule has 0 aromatic carbocycles. The molecule has 2 rings (SSSR count). The van der Waals surface area contributed by atoms with Gasteiger partial charge in [0.05, 0.1) is 0 Å². The molecular formula is C14H22N4O. The maximum Gasteiger partial charge on any atom is 0.220 e. The Morgan fingerprint density at radius 3 is 2.74 bits per heavy atom. The van der Waals surface area contributed by atoms with Crippen LogP contribution in [0.15, 0.2) is 12.3 Å². The van der Waals surface area contributed by atoms with E-state index in [-0.39, 0.29) is 11.8 Å². The maximum atomic E-state index is 11.2. The molecule has 1 aliphatic rings. The van der Waals surface area contributed by atoms with E-state index in [0.29, 0.717) is 0 Å². The Kier molecular flexibility index (Phi) is 4.37. The normalized spacial score (nSPS) is 16.6. The zero-order valence-electron chi connectivity index (χ0n) is 11.6. The summed E-state index contributed by atoms with van der Waals surface area (Å²) < 4.78 is 0. The van der Waals surface area contributed by atoms with Crippen LogP contribution < -0.4 is 16.0 Å². The number of rotatable bonds is 4. The van der Waals surface area contributed by atoms with E-state index in [1.54, 1.807) is 0 Å². The summed E-state index contributed by atoms with van der Waals surface area (Å²) in [6.45, 7) is 4.62. The van der Waals surface area contributed by atoms with Gasteiger partial charge in [-0.05, 0) is 44.0 Å². The Bertz CT molecular complexity index is 453. The Labute approximate surface area is 114 Å². The second-order valence-corrected chi connectivity index (χ2v) is 5.18. The minimum atomic E-state index is -0.173. The summed E-state index contributed by atoms with van der Waals surface area (Å²) in [4.78, 5) is 18.0. The fourth-order valence-electron chi connectivity index (χ4n) is 2.63. The molecule has 0 saturated carbocycles. The monoisotopic (exact) mass is 262 g/mol. The van der Waals surface area contributed by atoms with Crippen molar-refractivity contribution in [2.75, 3.05) is 25.0 Å². The summed E-state index contributed by atoms with van der Waals surface area (Å²) in [5, 5.41) is 3.12. The number of hydrogen-bond donors (Lipinski definition) is 2. The molecule has 0 spiro atoms. The lowest BCUT2D eigenvalue weighted by atomic mass is 9.96. The summed E-state index contributed by atoms with van der Waals surface area (Å²) in [5.41, 5.74) is 7.73. The molecule has 1 amide bonds. The van der Waals surface area contributed by atoms with Crippen LogP contribution in [0.3, 0.4) is 0 Å². The molecule has 19 heavy (non-hydrogen) atoms. The van der Waals surface area contributed by atoms with Crippen LogP contribution >= 0.6 is 0 Å². The fourth-order valence-corrected chi connectivity index (χ4v) is 2.63. The van der Waals surface area contributed by atoms with Crippen molar-refractivity contribution >= 4 is 11.7 Å². The van der Waals surface area contributed by atoms with Crippen molar-refractivity contribution in [3.63, 3.8) is 0 Å². The molecule has 3 N–H and O–H groups in total. The van der Waals surface area contributed by atoms with E-state index in [2.05, 4.69) is 28.2 Å². The van der Waals surface area contributed by atoms with Gasteiger partial charge in [0.15, 0.2) is 0 Å². The van der Waals surface area contributed by atoms with E-state index in [9.17, 15) is 4.79 Å². The van der Waals surface area contributed by atoms with Crippen LogP contribution in [-0.4, -0.2) is 31.0 Å². The van der Waals surface area contributed by atoms with E-state index in [4.69, 9.17) is 5.73 Å². The predicted octanol–water partition coefficient (Wildman–Crippen LogP) is 0.811. The Balaban J connectivity index is 2.05. The average molecular weight is 262 g/mol. The standard InChI is InChI=1S/C14H22N4O/c1-10-7-11(8-16-2)9-17-14(10)18-5-3-12(4-6-18)13(15)19/h7,9,12,16H,3-6,8H2,1-2H3,(H2,15,19). The molecule has 0 bridgehead atoms. The third-order valence-corrected chi connectivity index (χ3v) is 3.69. The number of carbonyl (C=O) groups is 1. The van der Waals surface area contributed by atoms with Crippen LogP contribution in [0.5, 0.6) is 0 Å². The van der Waals surface area contributed by atoms with Gasteiger partial charge in [0.25, 0.3) is 0 Å². The molecule has 1 aromatic rings. The topological polar surface area (TPSA) is 71.2 Å². The summed E-state index contributed by atoms with van der Waals surface area (Å²) in [5.74, 6) is 0.886. The number of aromatic nitrogens is 1. The first-order valence-electron chi connectivity index (χ1n) is 6.76. The van der Waals surface area contributed by atoms with Gasteiger partial charge in [0.1, 0.15) is 5.82 Å². The number of hydrogen-bond acceptors (Lipinski definition) is 4. The molecule has 1 saturated heterocycles. The van der Waals surface area contributed by atoms with Crippen LogP contribution in [0.25, 0.3) is 0 Å². The smallest absolute Gasteiger partial charge is 0.220 e. The second kappa shape index (κ2) is 6.02. The van der Waals surface area contributed by atoms with Gasteiger partial charge in [-0.2, -0.15) is 0 Å². The molecular weight excluding hydrogens is 240 g/mol. The third-order valence-electron chi connectivity index (χ3n) is 3.69. The Morgan fingerprint density at radius 1 is 1.53 bits per heavy atom. The molecule has 1 fully saturated rings. The van der Waals surface area contributed by atoms with E-state index < -0.39 is 0 Å². The summed E-state index contributed by atoms with van der Waals surface area (Å²) in [6, 6.07) is 2.17. The van der Waals surface area contributed by atoms with Gasteiger partial charge >= 0.3 is 0 Å². The van der Waals surface area contributed by atoms with Crippen molar-refractivity contribution in [1.29, 1.82) is 0 Å². The molecule has 0 atom stereocenters. The number of amides is 1. The summed E-state index contributed by atoms with van der Waals surface area (Å²) >= 11 is 0. The first-order valence-corrected chi connectivity index (χ1v) is 6.76. The predicted molar refractivity (Wildman–Crippen MR) is 75.9 cm³/mol. The summed E-state index contributed by atoms with van der Waals surface area (Å²) in [6.07, 6.45) is 3.57. The zero-order valence-corrected chi connectivity index (χ0v) is 11.6. The lowest BCUT2D eigenvalue weighted by molar-refractivity contribution is -0.122. The van der Waals surface area contributed by atoms with Gasteiger partial charge in [-0.1, -0.05) is 0 Å². The van der Waals surface area contributed by atoms with E-state index in [0.717, 1.165) is 38.3 Å². The van der Waals surface area contributed by atoms with Gasteiger partial charge < -0.3 is 16.0 Å². The molecule has 5 heteroatoms. The fraction of sp³-hybridized carbons (Fsp3) is 0.571. The highest BCUT2D eigenvalue weighted by Crippen LogP contribution is 2.24. The number of piperidine rings is 1. The first-order chi connectivity index (χ1) is 9.11. The number of nitrogens with two attached hydrogens (primary N) is 1. The SMILES string of the molecule is CNCc1cnc(N2CCC(C(N)=O)CC2)c(C)c1. The van der Waals surface area contributed by atoms with Crippen molar-refractivity contribution in [3.8, 4) is 0 Å². The second-order valence-electron chi connectivity index (χ2n) is 5.18. The van der Waals surface area contributed by atoms with Crippen LogP contribution in [0.1, 0.15) is 24.0 Å². The van der Waals surface area contributed by atoms with Gasteiger partial charge in [0, 0.05) is 31.7 Å². The molecule has 0 unspecified atom stereocenters. The molecule has 104 valence electrons. The van der Waals surface area contributed by atoms with Crippen molar-refractivity contribution in [2.24, 2.45) is 11.7 Å². The highest BCUT2D eigenvalue weighted by atomic mass is 16.1. The lowest BCUT2D eigenvalue weighted by Crippen LogP contribution is -2.39. The highest BCUT2D eigenvalue weighted by molar-refractivity contribution is 5.77. The lowest BCUT2D eigenvalue weighted by Gasteiger charge is -2.32. The maximum absolute atomic E-state index is 11.2. The number of aryl methyl sites for hydroxylation is 1. The number of anilines is 1. The quantitative estimate of drug-likeness (QED) is 0.842. The van der Waals surface area contributed by atoms with Gasteiger partial charge in [-0.25, -0.2) is 4.98 Å². The number of carbonyl (C=O) groups excluding carboxylic acids is 1. The Morgan fingerprint density at radius 2 is 2.21 bits per heavy atom. The van der Waals surface area contributed by atoms with E-state index >= 15 is 0 Å². The highest BCUT2D eigenvalue weighted by Gasteiger charge is 2.24. The average Bonchev–Trinajstić information content (AvgIpc) is 2.39. The summed E-state index contributed by atoms with van der Waals surface area (Å²) in [7, 11) is 1.93. The number of primary amides is 1. The van der Waals surface area contributed by atoms with Crippen molar-refractivity contribution in [1.82, 2.24) is 10.3 Å². The van der Waals surface area contributed by atoms with Crippen molar-refractivity contribution in [2.45, 2.75) is 26.3 Å². The van der Waals surface area contributed by atoms with Crippen LogP contribution in [0.2, 0.25) is 0 Å².